The molecule has 6 rings (SSSR count). The number of benzene rings is 3. The molecule has 2 fully saturated rings. The lowest BCUT2D eigenvalue weighted by Gasteiger charge is -2.40. The van der Waals surface area contributed by atoms with Crippen molar-refractivity contribution in [2.24, 2.45) is 0 Å². The number of amides is 2. The van der Waals surface area contributed by atoms with Gasteiger partial charge in [0.1, 0.15) is 34.2 Å². The van der Waals surface area contributed by atoms with Crippen molar-refractivity contribution in [1.82, 2.24) is 15.1 Å². The van der Waals surface area contributed by atoms with Gasteiger partial charge < -0.3 is 19.4 Å². The van der Waals surface area contributed by atoms with Gasteiger partial charge in [0.2, 0.25) is 5.91 Å². The van der Waals surface area contributed by atoms with Crippen LogP contribution in [0.1, 0.15) is 46.3 Å². The van der Waals surface area contributed by atoms with E-state index < -0.39 is 22.8 Å². The first-order valence-corrected chi connectivity index (χ1v) is 17.1. The molecular weight excluding hydrogens is 607 g/mol. The van der Waals surface area contributed by atoms with Gasteiger partial charge in [-0.05, 0) is 54.3 Å². The van der Waals surface area contributed by atoms with E-state index in [2.05, 4.69) is 10.2 Å². The number of anilines is 1. The van der Waals surface area contributed by atoms with Crippen LogP contribution in [0.15, 0.2) is 71.1 Å². The number of hydrogen-bond acceptors (Lipinski definition) is 6. The van der Waals surface area contributed by atoms with E-state index in [9.17, 15) is 18.2 Å². The van der Waals surface area contributed by atoms with Crippen molar-refractivity contribution >= 4 is 39.5 Å². The highest BCUT2D eigenvalue weighted by Gasteiger charge is 2.36. The van der Waals surface area contributed by atoms with Gasteiger partial charge >= 0.3 is 0 Å². The van der Waals surface area contributed by atoms with Gasteiger partial charge in [-0.2, -0.15) is 0 Å². The predicted octanol–water partition coefficient (Wildman–Crippen LogP) is 5.11. The first kappa shape index (κ1) is 31.9. The van der Waals surface area contributed by atoms with Gasteiger partial charge in [-0.1, -0.05) is 30.3 Å². The number of fused-ring (bicyclic) bond motifs is 1. The lowest BCUT2D eigenvalue weighted by molar-refractivity contribution is -0.140. The Kier molecular flexibility index (Phi) is 9.53. The number of rotatable bonds is 8. The standard InChI is InChI=1S/C35H39FN4O5S/c1-37-34(41)31-28-20-27(29(38(2)46(3)43)21-30(28)45-33(31)24-11-13-26(36)14-12-24)25-10-7-15-40(22-25)35(42)32(23-8-5-4-6-9-23)39-16-18-44-19-17-39/h4-6,8-9,11-14,20-21,25,32H,7,10,15-19,22H2,1-3H3,(H,37,41)/t25-,32?,46?/m0/s1. The molecule has 0 radical (unpaired) electrons. The predicted molar refractivity (Wildman–Crippen MR) is 178 cm³/mol. The summed E-state index contributed by atoms with van der Waals surface area (Å²) in [5.41, 5.74) is 3.93. The maximum atomic E-state index is 14.4. The Balaban J connectivity index is 1.42. The fourth-order valence-corrected chi connectivity index (χ4v) is 7.06. The molecule has 1 N–H and O–H groups in total. The van der Waals surface area contributed by atoms with E-state index >= 15 is 0 Å². The second-order valence-corrected chi connectivity index (χ2v) is 13.2. The minimum absolute atomic E-state index is 0.0563. The average molecular weight is 647 g/mol. The zero-order chi connectivity index (χ0) is 32.4. The van der Waals surface area contributed by atoms with Crippen molar-refractivity contribution in [3.63, 3.8) is 0 Å². The Bertz CT molecular complexity index is 1740. The van der Waals surface area contributed by atoms with Crippen LogP contribution in [-0.4, -0.2) is 85.6 Å². The quantitative estimate of drug-likeness (QED) is 0.286. The fraction of sp³-hybridized carbons (Fsp3) is 0.371. The minimum atomic E-state index is -1.35. The van der Waals surface area contributed by atoms with Crippen molar-refractivity contribution < 1.29 is 27.3 Å². The molecule has 1 aromatic heterocycles. The first-order chi connectivity index (χ1) is 22.3. The molecule has 3 aromatic carbocycles. The molecule has 4 aromatic rings. The SMILES string of the molecule is CNC(=O)c1c(-c2ccc(F)cc2)oc2cc(N(C)S(C)=O)c([C@H]3CCCN(C(=O)C(c4ccccc4)N4CCOCC4)C3)cc12. The van der Waals surface area contributed by atoms with E-state index in [1.54, 1.807) is 36.8 Å². The van der Waals surface area contributed by atoms with Crippen molar-refractivity contribution in [3.05, 3.63) is 89.2 Å². The normalized spacial score (nSPS) is 18.7. The smallest absolute Gasteiger partial charge is 0.255 e. The van der Waals surface area contributed by atoms with Gasteiger partial charge in [-0.3, -0.25) is 18.8 Å². The number of nitrogens with zero attached hydrogens (tertiary/aromatic N) is 3. The van der Waals surface area contributed by atoms with Crippen LogP contribution in [0.3, 0.4) is 0 Å². The number of likely N-dealkylation sites (tertiary alicyclic amines) is 1. The van der Waals surface area contributed by atoms with Gasteiger partial charge in [0.05, 0.1) is 24.5 Å². The van der Waals surface area contributed by atoms with Gasteiger partial charge in [0, 0.05) is 69.5 Å². The van der Waals surface area contributed by atoms with Crippen LogP contribution >= 0.6 is 0 Å². The van der Waals surface area contributed by atoms with Gasteiger partial charge in [0.15, 0.2) is 0 Å². The number of carbonyl (C=O) groups excluding carboxylic acids is 2. The number of carbonyl (C=O) groups is 2. The van der Waals surface area contributed by atoms with Crippen LogP contribution in [0, 0.1) is 5.82 Å². The first-order valence-electron chi connectivity index (χ1n) is 15.6. The summed E-state index contributed by atoms with van der Waals surface area (Å²) < 4.78 is 40.1. The largest absolute Gasteiger partial charge is 0.455 e. The maximum Gasteiger partial charge on any atom is 0.255 e. The summed E-state index contributed by atoms with van der Waals surface area (Å²) in [4.78, 5) is 31.8. The number of ether oxygens (including phenoxy) is 1. The molecule has 242 valence electrons. The highest BCUT2D eigenvalue weighted by Crippen LogP contribution is 2.42. The van der Waals surface area contributed by atoms with Crippen molar-refractivity contribution in [1.29, 1.82) is 0 Å². The van der Waals surface area contributed by atoms with E-state index in [1.807, 2.05) is 47.4 Å². The monoisotopic (exact) mass is 646 g/mol. The molecule has 0 spiro atoms. The van der Waals surface area contributed by atoms with E-state index in [1.165, 1.54) is 12.1 Å². The molecule has 9 nitrogen and oxygen atoms in total. The fourth-order valence-electron chi connectivity index (χ4n) is 6.63. The Morgan fingerprint density at radius 3 is 2.43 bits per heavy atom. The highest BCUT2D eigenvalue weighted by molar-refractivity contribution is 7.85. The molecule has 3 heterocycles. The van der Waals surface area contributed by atoms with Gasteiger partial charge in [0.25, 0.3) is 5.91 Å². The molecule has 0 saturated carbocycles. The molecule has 46 heavy (non-hydrogen) atoms. The summed E-state index contributed by atoms with van der Waals surface area (Å²) in [5.74, 6) is -0.417. The van der Waals surface area contributed by atoms with Crippen LogP contribution in [0.4, 0.5) is 10.1 Å². The Labute approximate surface area is 270 Å². The lowest BCUT2D eigenvalue weighted by atomic mass is 9.87. The zero-order valence-corrected chi connectivity index (χ0v) is 27.1. The average Bonchev–Trinajstić information content (AvgIpc) is 3.47. The summed E-state index contributed by atoms with van der Waals surface area (Å²) in [5, 5.41) is 3.32. The number of halogens is 1. The molecule has 0 bridgehead atoms. The summed E-state index contributed by atoms with van der Waals surface area (Å²) in [6.07, 6.45) is 3.23. The number of hydrogen-bond donors (Lipinski definition) is 1. The van der Waals surface area contributed by atoms with Crippen molar-refractivity contribution in [2.75, 3.05) is 64.0 Å². The third kappa shape index (κ3) is 6.31. The Hall–Kier alpha value is -4.06. The van der Waals surface area contributed by atoms with Crippen LogP contribution in [-0.2, 0) is 20.5 Å². The maximum absolute atomic E-state index is 14.4. The van der Waals surface area contributed by atoms with Gasteiger partial charge in [-0.15, -0.1) is 0 Å². The van der Waals surface area contributed by atoms with Crippen LogP contribution < -0.4 is 9.62 Å². The third-order valence-electron chi connectivity index (χ3n) is 9.06. The number of piperidine rings is 1. The molecule has 0 aliphatic carbocycles. The van der Waals surface area contributed by atoms with E-state index in [4.69, 9.17) is 9.15 Å². The molecule has 11 heteroatoms. The Morgan fingerprint density at radius 2 is 1.76 bits per heavy atom. The second-order valence-electron chi connectivity index (χ2n) is 11.8. The zero-order valence-electron chi connectivity index (χ0n) is 26.3. The van der Waals surface area contributed by atoms with Crippen LogP contribution in [0.5, 0.6) is 0 Å². The number of furan rings is 1. The molecule has 2 aliphatic heterocycles. The molecule has 2 amide bonds. The summed E-state index contributed by atoms with van der Waals surface area (Å²) >= 11 is 0. The molecular formula is C35H39FN4O5S. The topological polar surface area (TPSA) is 95.3 Å². The second kappa shape index (κ2) is 13.7. The Morgan fingerprint density at radius 1 is 1.04 bits per heavy atom. The van der Waals surface area contributed by atoms with Crippen molar-refractivity contribution in [3.8, 4) is 11.3 Å². The van der Waals surface area contributed by atoms with E-state index in [0.29, 0.717) is 72.9 Å². The van der Waals surface area contributed by atoms with E-state index in [-0.39, 0.29) is 17.7 Å². The molecule has 3 atom stereocenters. The lowest BCUT2D eigenvalue weighted by Crippen LogP contribution is -2.49. The van der Waals surface area contributed by atoms with Crippen LogP contribution in [0.2, 0.25) is 0 Å². The third-order valence-corrected chi connectivity index (χ3v) is 10.0. The van der Waals surface area contributed by atoms with Gasteiger partial charge in [-0.25, -0.2) is 8.60 Å². The van der Waals surface area contributed by atoms with E-state index in [0.717, 1.165) is 24.0 Å². The minimum Gasteiger partial charge on any atom is -0.455 e. The summed E-state index contributed by atoms with van der Waals surface area (Å²) in [6, 6.07) is 19.1. The molecule has 2 aliphatic rings. The summed E-state index contributed by atoms with van der Waals surface area (Å²) in [6.45, 7) is 3.64. The highest BCUT2D eigenvalue weighted by atomic mass is 32.2. The van der Waals surface area contributed by atoms with Crippen LogP contribution in [0.25, 0.3) is 22.3 Å². The number of nitrogens with one attached hydrogen (secondary N) is 1. The summed E-state index contributed by atoms with van der Waals surface area (Å²) in [7, 11) is 1.97. The number of morpholine rings is 1. The van der Waals surface area contributed by atoms with Crippen molar-refractivity contribution in [2.45, 2.75) is 24.8 Å². The molecule has 2 unspecified atom stereocenters. The molecule has 2 saturated heterocycles.